The molecular weight excluding hydrogens is 206 g/mol. The van der Waals surface area contributed by atoms with E-state index in [1.807, 2.05) is 6.92 Å². The summed E-state index contributed by atoms with van der Waals surface area (Å²) in [7, 11) is 0. The molecule has 4 nitrogen and oxygen atoms in total. The Morgan fingerprint density at radius 2 is 1.88 bits per heavy atom. The molecule has 0 radical (unpaired) electrons. The maximum absolute atomic E-state index is 9.83. The molecule has 0 aliphatic carbocycles. The SMILES string of the molecule is CC1(O)CCN(CCC2OCCCO2)CC1. The number of nitrogens with zero attached hydrogens (tertiary/aromatic N) is 1. The first-order valence-electron chi connectivity index (χ1n) is 6.34. The van der Waals surface area contributed by atoms with Crippen LogP contribution in [0.5, 0.6) is 0 Å². The largest absolute Gasteiger partial charge is 0.390 e. The minimum Gasteiger partial charge on any atom is -0.390 e. The molecular formula is C12H23NO3. The number of hydrogen-bond acceptors (Lipinski definition) is 4. The fourth-order valence-electron chi connectivity index (χ4n) is 2.25. The Morgan fingerprint density at radius 1 is 1.25 bits per heavy atom. The minimum atomic E-state index is -0.450. The van der Waals surface area contributed by atoms with Crippen molar-refractivity contribution in [1.82, 2.24) is 4.90 Å². The lowest BCUT2D eigenvalue weighted by atomic mass is 9.94. The van der Waals surface area contributed by atoms with Crippen LogP contribution in [0.4, 0.5) is 0 Å². The molecule has 0 aromatic carbocycles. The van der Waals surface area contributed by atoms with E-state index in [0.717, 1.165) is 58.5 Å². The molecule has 1 N–H and O–H groups in total. The molecule has 2 aliphatic heterocycles. The fourth-order valence-corrected chi connectivity index (χ4v) is 2.25. The van der Waals surface area contributed by atoms with Crippen LogP contribution in [0, 0.1) is 0 Å². The zero-order valence-corrected chi connectivity index (χ0v) is 10.2. The molecule has 0 spiro atoms. The molecule has 2 saturated heterocycles. The molecule has 0 amide bonds. The van der Waals surface area contributed by atoms with Crippen LogP contribution in [0.15, 0.2) is 0 Å². The maximum Gasteiger partial charge on any atom is 0.158 e. The Balaban J connectivity index is 1.63. The smallest absolute Gasteiger partial charge is 0.158 e. The van der Waals surface area contributed by atoms with E-state index in [0.29, 0.717) is 0 Å². The van der Waals surface area contributed by atoms with Gasteiger partial charge in [0.05, 0.1) is 18.8 Å². The van der Waals surface area contributed by atoms with Crippen LogP contribution < -0.4 is 0 Å². The highest BCUT2D eigenvalue weighted by molar-refractivity contribution is 4.81. The first-order chi connectivity index (χ1) is 7.66. The Labute approximate surface area is 97.5 Å². The van der Waals surface area contributed by atoms with Crippen molar-refractivity contribution in [2.75, 3.05) is 32.8 Å². The standard InChI is InChI=1S/C12H23NO3/c1-12(14)4-7-13(8-5-12)6-3-11-15-9-2-10-16-11/h11,14H,2-10H2,1H3. The molecule has 2 rings (SSSR count). The van der Waals surface area contributed by atoms with Crippen LogP contribution in [0.2, 0.25) is 0 Å². The summed E-state index contributed by atoms with van der Waals surface area (Å²) >= 11 is 0. The summed E-state index contributed by atoms with van der Waals surface area (Å²) in [4.78, 5) is 2.39. The highest BCUT2D eigenvalue weighted by Gasteiger charge is 2.27. The third-order valence-electron chi connectivity index (χ3n) is 3.51. The monoisotopic (exact) mass is 229 g/mol. The van der Waals surface area contributed by atoms with Gasteiger partial charge in [0, 0.05) is 26.1 Å². The molecule has 2 aliphatic rings. The molecule has 0 atom stereocenters. The predicted molar refractivity (Wildman–Crippen MR) is 61.2 cm³/mol. The summed E-state index contributed by atoms with van der Waals surface area (Å²) in [6, 6.07) is 0. The van der Waals surface area contributed by atoms with Crippen molar-refractivity contribution in [1.29, 1.82) is 0 Å². The number of aliphatic hydroxyl groups is 1. The Kier molecular flexibility index (Phi) is 4.19. The first-order valence-corrected chi connectivity index (χ1v) is 6.34. The van der Waals surface area contributed by atoms with Crippen molar-refractivity contribution in [3.8, 4) is 0 Å². The van der Waals surface area contributed by atoms with Crippen LogP contribution in [-0.2, 0) is 9.47 Å². The molecule has 4 heteroatoms. The van der Waals surface area contributed by atoms with Crippen LogP contribution in [-0.4, -0.2) is 54.7 Å². The van der Waals surface area contributed by atoms with Crippen molar-refractivity contribution in [2.24, 2.45) is 0 Å². The lowest BCUT2D eigenvalue weighted by molar-refractivity contribution is -0.183. The Bertz CT molecular complexity index is 204. The van der Waals surface area contributed by atoms with Crippen LogP contribution >= 0.6 is 0 Å². The highest BCUT2D eigenvalue weighted by atomic mass is 16.7. The third kappa shape index (κ3) is 3.70. The average molecular weight is 229 g/mol. The maximum atomic E-state index is 9.83. The van der Waals surface area contributed by atoms with Gasteiger partial charge in [-0.2, -0.15) is 0 Å². The van der Waals surface area contributed by atoms with Gasteiger partial charge in [-0.05, 0) is 26.2 Å². The normalized spacial score (nSPS) is 28.1. The van der Waals surface area contributed by atoms with Crippen LogP contribution in [0.1, 0.15) is 32.6 Å². The molecule has 0 aromatic rings. The number of likely N-dealkylation sites (tertiary alicyclic amines) is 1. The second-order valence-corrected chi connectivity index (χ2v) is 5.15. The van der Waals surface area contributed by atoms with Crippen molar-refractivity contribution in [2.45, 2.75) is 44.5 Å². The second kappa shape index (κ2) is 5.45. The lowest BCUT2D eigenvalue weighted by Gasteiger charge is -2.36. The van der Waals surface area contributed by atoms with Crippen molar-refractivity contribution in [3.63, 3.8) is 0 Å². The quantitative estimate of drug-likeness (QED) is 0.783. The molecule has 0 bridgehead atoms. The summed E-state index contributed by atoms with van der Waals surface area (Å²) in [6.07, 6.45) is 3.71. The van der Waals surface area contributed by atoms with Gasteiger partial charge in [0.25, 0.3) is 0 Å². The molecule has 94 valence electrons. The molecule has 2 heterocycles. The molecule has 0 unspecified atom stereocenters. The second-order valence-electron chi connectivity index (χ2n) is 5.15. The zero-order valence-electron chi connectivity index (χ0n) is 10.2. The summed E-state index contributed by atoms with van der Waals surface area (Å²) < 4.78 is 11.0. The van der Waals surface area contributed by atoms with E-state index >= 15 is 0 Å². The van der Waals surface area contributed by atoms with Gasteiger partial charge in [0.15, 0.2) is 6.29 Å². The topological polar surface area (TPSA) is 41.9 Å². The van der Waals surface area contributed by atoms with E-state index in [1.54, 1.807) is 0 Å². The van der Waals surface area contributed by atoms with Crippen molar-refractivity contribution < 1.29 is 14.6 Å². The average Bonchev–Trinajstić information content (AvgIpc) is 2.29. The van der Waals surface area contributed by atoms with E-state index in [2.05, 4.69) is 4.90 Å². The van der Waals surface area contributed by atoms with Gasteiger partial charge in [0.2, 0.25) is 0 Å². The summed E-state index contributed by atoms with van der Waals surface area (Å²) in [5, 5.41) is 9.83. The van der Waals surface area contributed by atoms with Crippen molar-refractivity contribution >= 4 is 0 Å². The number of rotatable bonds is 3. The van der Waals surface area contributed by atoms with Gasteiger partial charge >= 0.3 is 0 Å². The van der Waals surface area contributed by atoms with Gasteiger partial charge in [-0.3, -0.25) is 0 Å². The van der Waals surface area contributed by atoms with Gasteiger partial charge < -0.3 is 19.5 Å². The minimum absolute atomic E-state index is 0.00353. The van der Waals surface area contributed by atoms with Crippen molar-refractivity contribution in [3.05, 3.63) is 0 Å². The van der Waals surface area contributed by atoms with E-state index < -0.39 is 5.60 Å². The Morgan fingerprint density at radius 3 is 2.50 bits per heavy atom. The van der Waals surface area contributed by atoms with Gasteiger partial charge in [-0.1, -0.05) is 0 Å². The van der Waals surface area contributed by atoms with Crippen LogP contribution in [0.25, 0.3) is 0 Å². The first kappa shape index (κ1) is 12.3. The third-order valence-corrected chi connectivity index (χ3v) is 3.51. The lowest BCUT2D eigenvalue weighted by Crippen LogP contribution is -2.43. The van der Waals surface area contributed by atoms with Crippen LogP contribution in [0.3, 0.4) is 0 Å². The molecule has 0 saturated carbocycles. The zero-order chi connectivity index (χ0) is 11.4. The summed E-state index contributed by atoms with van der Waals surface area (Å²) in [5.74, 6) is 0. The summed E-state index contributed by atoms with van der Waals surface area (Å²) in [5.41, 5.74) is -0.450. The number of piperidine rings is 1. The fraction of sp³-hybridized carbons (Fsp3) is 1.00. The number of hydrogen-bond donors (Lipinski definition) is 1. The number of ether oxygens (including phenoxy) is 2. The molecule has 0 aromatic heterocycles. The summed E-state index contributed by atoms with van der Waals surface area (Å²) in [6.45, 7) is 6.58. The van der Waals surface area contributed by atoms with E-state index in [1.165, 1.54) is 0 Å². The highest BCUT2D eigenvalue weighted by Crippen LogP contribution is 2.21. The van der Waals surface area contributed by atoms with E-state index in [9.17, 15) is 5.11 Å². The van der Waals surface area contributed by atoms with Gasteiger partial charge in [0.1, 0.15) is 0 Å². The Hall–Kier alpha value is -0.160. The van der Waals surface area contributed by atoms with E-state index in [4.69, 9.17) is 9.47 Å². The molecule has 2 fully saturated rings. The van der Waals surface area contributed by atoms with Gasteiger partial charge in [-0.25, -0.2) is 0 Å². The molecule has 16 heavy (non-hydrogen) atoms. The van der Waals surface area contributed by atoms with Gasteiger partial charge in [-0.15, -0.1) is 0 Å². The predicted octanol–water partition coefficient (Wildman–Crippen LogP) is 0.986. The van der Waals surface area contributed by atoms with E-state index in [-0.39, 0.29) is 6.29 Å².